The lowest BCUT2D eigenvalue weighted by atomic mass is 10.2. The Morgan fingerprint density at radius 2 is 1.95 bits per heavy atom. The van der Waals surface area contributed by atoms with Gasteiger partial charge in [-0.05, 0) is 24.6 Å². The third kappa shape index (κ3) is 4.76. The molecule has 1 aliphatic rings. The molecule has 0 aliphatic carbocycles. The molecule has 0 unspecified atom stereocenters. The van der Waals surface area contributed by atoms with E-state index in [9.17, 15) is 14.4 Å². The van der Waals surface area contributed by atoms with E-state index in [1.165, 1.54) is 6.92 Å². The Labute approximate surface area is 127 Å². The SMILES string of the molecule is CC(=O)CCC(=O)OCC(=O)NCc1ccc2c(c1)OCO2. The Hall–Kier alpha value is -2.57. The summed E-state index contributed by atoms with van der Waals surface area (Å²) in [7, 11) is 0. The lowest BCUT2D eigenvalue weighted by Crippen LogP contribution is -2.28. The van der Waals surface area contributed by atoms with Crippen LogP contribution in [0, 0.1) is 0 Å². The van der Waals surface area contributed by atoms with E-state index in [2.05, 4.69) is 5.32 Å². The predicted molar refractivity (Wildman–Crippen MR) is 75.3 cm³/mol. The molecule has 1 aromatic rings. The highest BCUT2D eigenvalue weighted by molar-refractivity contribution is 5.83. The highest BCUT2D eigenvalue weighted by Gasteiger charge is 2.13. The number of esters is 1. The van der Waals surface area contributed by atoms with Crippen molar-refractivity contribution < 1.29 is 28.6 Å². The van der Waals surface area contributed by atoms with Gasteiger partial charge in [0.25, 0.3) is 5.91 Å². The van der Waals surface area contributed by atoms with Crippen LogP contribution in [0.2, 0.25) is 0 Å². The number of Topliss-reactive ketones (excluding diaryl/α,β-unsaturated/α-hetero) is 1. The molecule has 118 valence electrons. The van der Waals surface area contributed by atoms with E-state index in [4.69, 9.17) is 14.2 Å². The highest BCUT2D eigenvalue weighted by atomic mass is 16.7. The van der Waals surface area contributed by atoms with Crippen LogP contribution in [0.15, 0.2) is 18.2 Å². The Morgan fingerprint density at radius 3 is 2.73 bits per heavy atom. The Kier molecular flexibility index (Phi) is 5.35. The number of nitrogens with one attached hydrogen (secondary N) is 1. The van der Waals surface area contributed by atoms with Gasteiger partial charge in [0, 0.05) is 13.0 Å². The van der Waals surface area contributed by atoms with Crippen molar-refractivity contribution >= 4 is 17.7 Å². The lowest BCUT2D eigenvalue weighted by molar-refractivity contribution is -0.149. The Balaban J connectivity index is 1.69. The molecule has 0 spiro atoms. The van der Waals surface area contributed by atoms with E-state index < -0.39 is 11.9 Å². The van der Waals surface area contributed by atoms with Gasteiger partial charge in [-0.3, -0.25) is 9.59 Å². The molecule has 2 rings (SSSR count). The van der Waals surface area contributed by atoms with Crippen molar-refractivity contribution in [1.29, 1.82) is 0 Å². The number of hydrogen-bond donors (Lipinski definition) is 1. The van der Waals surface area contributed by atoms with Crippen molar-refractivity contribution in [2.45, 2.75) is 26.3 Å². The van der Waals surface area contributed by atoms with E-state index in [1.807, 2.05) is 6.07 Å². The molecule has 7 nitrogen and oxygen atoms in total. The number of ether oxygens (including phenoxy) is 3. The topological polar surface area (TPSA) is 90.9 Å². The van der Waals surface area contributed by atoms with Crippen LogP contribution in [0.4, 0.5) is 0 Å². The summed E-state index contributed by atoms with van der Waals surface area (Å²) in [5, 5.41) is 2.63. The van der Waals surface area contributed by atoms with Crippen molar-refractivity contribution in [3.63, 3.8) is 0 Å². The second-order valence-corrected chi connectivity index (χ2v) is 4.83. The monoisotopic (exact) mass is 307 g/mol. The minimum Gasteiger partial charge on any atom is -0.456 e. The first-order valence-electron chi connectivity index (χ1n) is 6.85. The molecular formula is C15H17NO6. The molecule has 1 aliphatic heterocycles. The minimum absolute atomic E-state index is 0.00915. The molecule has 0 saturated carbocycles. The molecule has 0 radical (unpaired) electrons. The number of amides is 1. The van der Waals surface area contributed by atoms with Gasteiger partial charge >= 0.3 is 5.97 Å². The molecular weight excluding hydrogens is 290 g/mol. The highest BCUT2D eigenvalue weighted by Crippen LogP contribution is 2.32. The van der Waals surface area contributed by atoms with Crippen LogP contribution >= 0.6 is 0 Å². The van der Waals surface area contributed by atoms with E-state index >= 15 is 0 Å². The first kappa shape index (κ1) is 15.8. The number of hydrogen-bond acceptors (Lipinski definition) is 6. The van der Waals surface area contributed by atoms with E-state index in [1.54, 1.807) is 12.1 Å². The number of fused-ring (bicyclic) bond motifs is 1. The first-order chi connectivity index (χ1) is 10.5. The van der Waals surface area contributed by atoms with Crippen LogP contribution in [-0.4, -0.2) is 31.1 Å². The first-order valence-corrected chi connectivity index (χ1v) is 6.85. The fourth-order valence-electron chi connectivity index (χ4n) is 1.80. The van der Waals surface area contributed by atoms with Crippen LogP contribution in [0.1, 0.15) is 25.3 Å². The normalized spacial score (nSPS) is 11.9. The Bertz CT molecular complexity index is 583. The maximum atomic E-state index is 11.6. The Morgan fingerprint density at radius 1 is 1.18 bits per heavy atom. The summed E-state index contributed by atoms with van der Waals surface area (Å²) < 4.78 is 15.2. The van der Waals surface area contributed by atoms with Crippen LogP contribution in [0.5, 0.6) is 11.5 Å². The van der Waals surface area contributed by atoms with Crippen LogP contribution in [0.3, 0.4) is 0 Å². The molecule has 7 heteroatoms. The molecule has 1 aromatic carbocycles. The molecule has 0 bridgehead atoms. The number of carbonyl (C=O) groups excluding carboxylic acids is 3. The smallest absolute Gasteiger partial charge is 0.306 e. The largest absolute Gasteiger partial charge is 0.456 e. The van der Waals surface area contributed by atoms with Crippen molar-refractivity contribution in [2.24, 2.45) is 0 Å². The van der Waals surface area contributed by atoms with Crippen LogP contribution in [0.25, 0.3) is 0 Å². The zero-order valence-corrected chi connectivity index (χ0v) is 12.2. The number of rotatable bonds is 7. The number of carbonyl (C=O) groups is 3. The van der Waals surface area contributed by atoms with Crippen LogP contribution in [-0.2, 0) is 25.7 Å². The molecule has 1 amide bonds. The molecule has 1 N–H and O–H groups in total. The maximum Gasteiger partial charge on any atom is 0.306 e. The molecule has 0 aromatic heterocycles. The average Bonchev–Trinajstić information content (AvgIpc) is 2.96. The van der Waals surface area contributed by atoms with Gasteiger partial charge < -0.3 is 24.3 Å². The van der Waals surface area contributed by atoms with Gasteiger partial charge in [0.05, 0.1) is 6.42 Å². The van der Waals surface area contributed by atoms with Crippen molar-refractivity contribution in [3.05, 3.63) is 23.8 Å². The molecule has 0 atom stereocenters. The van der Waals surface area contributed by atoms with Gasteiger partial charge in [-0.1, -0.05) is 6.07 Å². The molecule has 22 heavy (non-hydrogen) atoms. The molecule has 0 saturated heterocycles. The van der Waals surface area contributed by atoms with Gasteiger partial charge in [-0.25, -0.2) is 0 Å². The number of benzene rings is 1. The van der Waals surface area contributed by atoms with Crippen LogP contribution < -0.4 is 14.8 Å². The fourth-order valence-corrected chi connectivity index (χ4v) is 1.80. The van der Waals surface area contributed by atoms with E-state index in [0.29, 0.717) is 18.0 Å². The molecule has 1 heterocycles. The summed E-state index contributed by atoms with van der Waals surface area (Å²) in [5.41, 5.74) is 0.848. The summed E-state index contributed by atoms with van der Waals surface area (Å²) >= 11 is 0. The standard InChI is InChI=1S/C15H17NO6/c1-10(17)2-5-15(19)20-8-14(18)16-7-11-3-4-12-13(6-11)22-9-21-12/h3-4,6H,2,5,7-9H2,1H3,(H,16,18). The summed E-state index contributed by atoms with van der Waals surface area (Å²) in [5.74, 6) is 0.253. The second-order valence-electron chi connectivity index (χ2n) is 4.83. The second kappa shape index (κ2) is 7.44. The van der Waals surface area contributed by atoms with Crippen molar-refractivity contribution in [2.75, 3.05) is 13.4 Å². The zero-order chi connectivity index (χ0) is 15.9. The number of ketones is 1. The average molecular weight is 307 g/mol. The zero-order valence-electron chi connectivity index (χ0n) is 12.2. The fraction of sp³-hybridized carbons (Fsp3) is 0.400. The van der Waals surface area contributed by atoms with Gasteiger partial charge in [0.2, 0.25) is 6.79 Å². The van der Waals surface area contributed by atoms with Gasteiger partial charge in [0.15, 0.2) is 18.1 Å². The summed E-state index contributed by atoms with van der Waals surface area (Å²) in [6.45, 7) is 1.52. The van der Waals surface area contributed by atoms with E-state index in [0.717, 1.165) is 5.56 Å². The maximum absolute atomic E-state index is 11.6. The predicted octanol–water partition coefficient (Wildman–Crippen LogP) is 0.944. The summed E-state index contributed by atoms with van der Waals surface area (Å²) in [4.78, 5) is 33.6. The van der Waals surface area contributed by atoms with Crippen molar-refractivity contribution in [3.8, 4) is 11.5 Å². The van der Waals surface area contributed by atoms with Crippen molar-refractivity contribution in [1.82, 2.24) is 5.32 Å². The molecule has 0 fully saturated rings. The van der Waals surface area contributed by atoms with Gasteiger partial charge in [0.1, 0.15) is 5.78 Å². The lowest BCUT2D eigenvalue weighted by Gasteiger charge is -2.07. The van der Waals surface area contributed by atoms with Gasteiger partial charge in [-0.15, -0.1) is 0 Å². The summed E-state index contributed by atoms with van der Waals surface area (Å²) in [6.07, 6.45) is 0.114. The third-order valence-electron chi connectivity index (χ3n) is 2.97. The summed E-state index contributed by atoms with van der Waals surface area (Å²) in [6, 6.07) is 5.36. The third-order valence-corrected chi connectivity index (χ3v) is 2.97. The minimum atomic E-state index is -0.562. The van der Waals surface area contributed by atoms with E-state index in [-0.39, 0.29) is 32.0 Å². The quantitative estimate of drug-likeness (QED) is 0.754. The van der Waals surface area contributed by atoms with Gasteiger partial charge in [-0.2, -0.15) is 0 Å².